The van der Waals surface area contributed by atoms with Gasteiger partial charge < -0.3 is 14.4 Å². The molecular formula is C18H25N5O3. The molecule has 1 aromatic heterocycles. The molecule has 3 heterocycles. The average molecular weight is 359 g/mol. The predicted octanol–water partition coefficient (Wildman–Crippen LogP) is 0.582. The SMILES string of the molecule is Cc1cc(C(=O)N2CCCN(C(=O)C3=NNC(=O)CC3)CC2)c(C)n1C. The van der Waals surface area contributed by atoms with Crippen LogP contribution in [0.3, 0.4) is 0 Å². The molecule has 8 heteroatoms. The summed E-state index contributed by atoms with van der Waals surface area (Å²) in [4.78, 5) is 40.2. The van der Waals surface area contributed by atoms with Gasteiger partial charge in [0.15, 0.2) is 0 Å². The summed E-state index contributed by atoms with van der Waals surface area (Å²) in [7, 11) is 1.95. The third-order valence-corrected chi connectivity index (χ3v) is 5.23. The van der Waals surface area contributed by atoms with Crippen molar-refractivity contribution in [3.63, 3.8) is 0 Å². The standard InChI is InChI=1S/C18H25N5O3/c1-12-11-14(13(2)21(12)3)17(25)22-7-4-8-23(10-9-22)18(26)15-5-6-16(24)20-19-15/h11H,4-10H2,1-3H3,(H,20,24). The number of hydrogen-bond donors (Lipinski definition) is 1. The van der Waals surface area contributed by atoms with Crippen LogP contribution in [0.2, 0.25) is 0 Å². The number of rotatable bonds is 2. The maximum absolute atomic E-state index is 12.9. The van der Waals surface area contributed by atoms with Crippen LogP contribution in [0.1, 0.15) is 41.0 Å². The van der Waals surface area contributed by atoms with Crippen LogP contribution in [0.5, 0.6) is 0 Å². The van der Waals surface area contributed by atoms with Crippen LogP contribution in [0.15, 0.2) is 11.2 Å². The highest BCUT2D eigenvalue weighted by atomic mass is 16.2. The summed E-state index contributed by atoms with van der Waals surface area (Å²) in [5, 5.41) is 3.88. The van der Waals surface area contributed by atoms with E-state index in [2.05, 4.69) is 10.5 Å². The van der Waals surface area contributed by atoms with Crippen molar-refractivity contribution >= 4 is 23.4 Å². The third-order valence-electron chi connectivity index (χ3n) is 5.23. The Kier molecular flexibility index (Phi) is 5.11. The number of amides is 3. The van der Waals surface area contributed by atoms with Crippen molar-refractivity contribution in [2.45, 2.75) is 33.1 Å². The topological polar surface area (TPSA) is 87.0 Å². The van der Waals surface area contributed by atoms with Crippen molar-refractivity contribution in [2.75, 3.05) is 26.2 Å². The Morgan fingerprint density at radius 2 is 1.69 bits per heavy atom. The highest BCUT2D eigenvalue weighted by molar-refractivity contribution is 6.39. The number of carbonyl (C=O) groups is 3. The van der Waals surface area contributed by atoms with Crippen molar-refractivity contribution in [3.8, 4) is 0 Å². The van der Waals surface area contributed by atoms with E-state index < -0.39 is 0 Å². The van der Waals surface area contributed by atoms with Crippen LogP contribution >= 0.6 is 0 Å². The molecule has 0 spiro atoms. The molecular weight excluding hydrogens is 334 g/mol. The Balaban J connectivity index is 1.66. The van der Waals surface area contributed by atoms with E-state index in [0.717, 1.165) is 23.4 Å². The molecule has 0 saturated carbocycles. The van der Waals surface area contributed by atoms with Crippen LogP contribution in [0.25, 0.3) is 0 Å². The summed E-state index contributed by atoms with van der Waals surface area (Å²) < 4.78 is 2.01. The normalized spacial score (nSPS) is 18.3. The van der Waals surface area contributed by atoms with Crippen LogP contribution < -0.4 is 5.43 Å². The number of carbonyl (C=O) groups excluding carboxylic acids is 3. The second-order valence-corrected chi connectivity index (χ2v) is 6.88. The molecule has 1 saturated heterocycles. The first-order valence-electron chi connectivity index (χ1n) is 8.95. The van der Waals surface area contributed by atoms with E-state index in [9.17, 15) is 14.4 Å². The molecule has 0 unspecified atom stereocenters. The predicted molar refractivity (Wildman–Crippen MR) is 96.8 cm³/mol. The maximum atomic E-state index is 12.9. The van der Waals surface area contributed by atoms with Gasteiger partial charge in [0.2, 0.25) is 5.91 Å². The van der Waals surface area contributed by atoms with Crippen molar-refractivity contribution < 1.29 is 14.4 Å². The van der Waals surface area contributed by atoms with Crippen molar-refractivity contribution in [3.05, 3.63) is 23.0 Å². The van der Waals surface area contributed by atoms with Crippen LogP contribution in [0.4, 0.5) is 0 Å². The van der Waals surface area contributed by atoms with E-state index in [-0.39, 0.29) is 24.1 Å². The van der Waals surface area contributed by atoms with E-state index in [4.69, 9.17) is 0 Å². The number of nitrogens with zero attached hydrogens (tertiary/aromatic N) is 4. The molecule has 0 aliphatic carbocycles. The Morgan fingerprint density at radius 1 is 1.04 bits per heavy atom. The zero-order valence-corrected chi connectivity index (χ0v) is 15.5. The molecule has 3 amide bonds. The highest BCUT2D eigenvalue weighted by Crippen LogP contribution is 2.17. The first-order valence-corrected chi connectivity index (χ1v) is 8.95. The second kappa shape index (κ2) is 7.31. The first-order chi connectivity index (χ1) is 12.4. The van der Waals surface area contributed by atoms with Gasteiger partial charge in [-0.15, -0.1) is 0 Å². The van der Waals surface area contributed by atoms with Gasteiger partial charge in [-0.25, -0.2) is 5.43 Å². The molecule has 1 fully saturated rings. The fraction of sp³-hybridized carbons (Fsp3) is 0.556. The minimum Gasteiger partial charge on any atom is -0.351 e. The van der Waals surface area contributed by atoms with Gasteiger partial charge in [0.25, 0.3) is 11.8 Å². The number of hydrazone groups is 1. The van der Waals surface area contributed by atoms with E-state index in [1.54, 1.807) is 4.90 Å². The summed E-state index contributed by atoms with van der Waals surface area (Å²) in [6, 6.07) is 1.92. The molecule has 140 valence electrons. The molecule has 0 radical (unpaired) electrons. The average Bonchev–Trinajstić information content (AvgIpc) is 2.83. The molecule has 0 bridgehead atoms. The van der Waals surface area contributed by atoms with Gasteiger partial charge in [0.1, 0.15) is 5.71 Å². The summed E-state index contributed by atoms with van der Waals surface area (Å²) in [5.74, 6) is -0.295. The zero-order valence-electron chi connectivity index (χ0n) is 15.5. The minimum absolute atomic E-state index is 0.0165. The lowest BCUT2D eigenvalue weighted by Gasteiger charge is -2.23. The van der Waals surface area contributed by atoms with Crippen LogP contribution in [-0.2, 0) is 16.6 Å². The summed E-state index contributed by atoms with van der Waals surface area (Å²) in [6.45, 7) is 6.11. The van der Waals surface area contributed by atoms with Crippen molar-refractivity contribution in [1.29, 1.82) is 0 Å². The molecule has 0 aromatic carbocycles. The maximum Gasteiger partial charge on any atom is 0.270 e. The van der Waals surface area contributed by atoms with E-state index in [1.165, 1.54) is 0 Å². The number of aromatic nitrogens is 1. The van der Waals surface area contributed by atoms with Gasteiger partial charge >= 0.3 is 0 Å². The monoisotopic (exact) mass is 359 g/mol. The van der Waals surface area contributed by atoms with Crippen molar-refractivity contribution in [2.24, 2.45) is 12.1 Å². The lowest BCUT2D eigenvalue weighted by atomic mass is 10.1. The largest absolute Gasteiger partial charge is 0.351 e. The Morgan fingerprint density at radius 3 is 2.23 bits per heavy atom. The highest BCUT2D eigenvalue weighted by Gasteiger charge is 2.28. The van der Waals surface area contributed by atoms with Gasteiger partial charge in [-0.3, -0.25) is 14.4 Å². The lowest BCUT2D eigenvalue weighted by Crippen LogP contribution is -2.42. The van der Waals surface area contributed by atoms with Crippen LogP contribution in [-0.4, -0.2) is 64.0 Å². The summed E-state index contributed by atoms with van der Waals surface area (Å²) >= 11 is 0. The summed E-state index contributed by atoms with van der Waals surface area (Å²) in [5.41, 5.74) is 5.48. The number of hydrogen-bond acceptors (Lipinski definition) is 4. The van der Waals surface area contributed by atoms with E-state index in [0.29, 0.717) is 38.3 Å². The fourth-order valence-corrected chi connectivity index (χ4v) is 3.38. The van der Waals surface area contributed by atoms with Gasteiger partial charge in [0.05, 0.1) is 5.56 Å². The van der Waals surface area contributed by atoms with Gasteiger partial charge in [-0.1, -0.05) is 0 Å². The molecule has 0 atom stereocenters. The van der Waals surface area contributed by atoms with E-state index >= 15 is 0 Å². The van der Waals surface area contributed by atoms with Gasteiger partial charge in [-0.05, 0) is 26.3 Å². The molecule has 3 rings (SSSR count). The third kappa shape index (κ3) is 3.49. The molecule has 1 N–H and O–H groups in total. The van der Waals surface area contributed by atoms with Crippen LogP contribution in [0, 0.1) is 13.8 Å². The Hall–Kier alpha value is -2.64. The number of nitrogens with one attached hydrogen (secondary N) is 1. The molecule has 8 nitrogen and oxygen atoms in total. The lowest BCUT2D eigenvalue weighted by molar-refractivity contribution is -0.124. The Labute approximate surface area is 152 Å². The quantitative estimate of drug-likeness (QED) is 0.838. The molecule has 26 heavy (non-hydrogen) atoms. The first kappa shape index (κ1) is 18.2. The van der Waals surface area contributed by atoms with E-state index in [1.807, 2.05) is 36.4 Å². The zero-order chi connectivity index (χ0) is 18.8. The van der Waals surface area contributed by atoms with Gasteiger partial charge in [0, 0.05) is 57.5 Å². The fourth-order valence-electron chi connectivity index (χ4n) is 3.38. The number of aryl methyl sites for hydroxylation is 1. The minimum atomic E-state index is -0.164. The smallest absolute Gasteiger partial charge is 0.270 e. The van der Waals surface area contributed by atoms with Gasteiger partial charge in [-0.2, -0.15) is 5.10 Å². The second-order valence-electron chi connectivity index (χ2n) is 6.88. The Bertz CT molecular complexity index is 780. The molecule has 2 aliphatic heterocycles. The summed E-state index contributed by atoms with van der Waals surface area (Å²) in [6.07, 6.45) is 1.38. The van der Waals surface area contributed by atoms with Crippen molar-refractivity contribution in [1.82, 2.24) is 19.8 Å². The molecule has 1 aromatic rings. The molecule has 2 aliphatic rings.